The van der Waals surface area contributed by atoms with E-state index in [1.165, 1.54) is 5.56 Å². The molecule has 0 bridgehead atoms. The molecule has 0 N–H and O–H groups in total. The number of benzene rings is 1. The zero-order valence-corrected chi connectivity index (χ0v) is 12.5. The Morgan fingerprint density at radius 1 is 1.26 bits per heavy atom. The molecule has 1 heterocycles. The number of hydrogen-bond acceptors (Lipinski definition) is 3. The van der Waals surface area contributed by atoms with Crippen LogP contribution < -0.4 is 4.74 Å². The zero-order valence-electron chi connectivity index (χ0n) is 12.5. The summed E-state index contributed by atoms with van der Waals surface area (Å²) in [5.74, 6) is 1.72. The molecule has 0 aliphatic carbocycles. The molecule has 0 radical (unpaired) electrons. The van der Waals surface area contributed by atoms with Crippen LogP contribution in [0, 0.1) is 0 Å². The fourth-order valence-electron chi connectivity index (χ4n) is 2.16. The van der Waals surface area contributed by atoms with Crippen LogP contribution in [0.3, 0.4) is 0 Å². The van der Waals surface area contributed by atoms with E-state index < -0.39 is 0 Å². The van der Waals surface area contributed by atoms with Gasteiger partial charge >= 0.3 is 0 Å². The van der Waals surface area contributed by atoms with E-state index in [1.807, 2.05) is 19.1 Å². The lowest BCUT2D eigenvalue weighted by molar-refractivity contribution is 0.263. The maximum absolute atomic E-state index is 5.78. The summed E-state index contributed by atoms with van der Waals surface area (Å²) in [6, 6.07) is 8.17. The van der Waals surface area contributed by atoms with E-state index in [1.54, 1.807) is 0 Å². The Labute approximate surface area is 115 Å². The normalized spacial score (nSPS) is 17.8. The molecule has 3 nitrogen and oxygen atoms in total. The van der Waals surface area contributed by atoms with E-state index in [-0.39, 0.29) is 11.0 Å². The Morgan fingerprint density at radius 3 is 2.37 bits per heavy atom. The molecular formula is C16H23NO2. The van der Waals surface area contributed by atoms with E-state index in [0.29, 0.717) is 13.2 Å². The summed E-state index contributed by atoms with van der Waals surface area (Å²) in [7, 11) is 0. The highest BCUT2D eigenvalue weighted by atomic mass is 16.5. The molecule has 0 saturated heterocycles. The smallest absolute Gasteiger partial charge is 0.194 e. The largest absolute Gasteiger partial charge is 0.494 e. The lowest BCUT2D eigenvalue weighted by atomic mass is 9.84. The van der Waals surface area contributed by atoms with Gasteiger partial charge in [-0.2, -0.15) is 0 Å². The highest BCUT2D eigenvalue weighted by Crippen LogP contribution is 2.32. The maximum atomic E-state index is 5.78. The summed E-state index contributed by atoms with van der Waals surface area (Å²) in [5.41, 5.74) is 0.864. The fourth-order valence-corrected chi connectivity index (χ4v) is 2.16. The van der Waals surface area contributed by atoms with Crippen molar-refractivity contribution in [2.75, 3.05) is 13.2 Å². The van der Waals surface area contributed by atoms with Crippen molar-refractivity contribution in [2.24, 2.45) is 4.99 Å². The van der Waals surface area contributed by atoms with E-state index in [2.05, 4.69) is 39.8 Å². The zero-order chi connectivity index (χ0) is 14.1. The Morgan fingerprint density at radius 2 is 1.89 bits per heavy atom. The molecule has 104 valence electrons. The van der Waals surface area contributed by atoms with Crippen LogP contribution in [0.15, 0.2) is 29.3 Å². The molecule has 1 aromatic carbocycles. The monoisotopic (exact) mass is 261 g/mol. The fraction of sp³-hybridized carbons (Fsp3) is 0.562. The van der Waals surface area contributed by atoms with Crippen LogP contribution in [-0.2, 0) is 10.2 Å². The van der Waals surface area contributed by atoms with Gasteiger partial charge in [0.05, 0.1) is 17.6 Å². The van der Waals surface area contributed by atoms with Gasteiger partial charge in [-0.15, -0.1) is 0 Å². The minimum atomic E-state index is -0.210. The lowest BCUT2D eigenvalue weighted by Gasteiger charge is -2.24. The molecule has 19 heavy (non-hydrogen) atoms. The van der Waals surface area contributed by atoms with Crippen LogP contribution in [0.5, 0.6) is 5.75 Å². The first-order valence-corrected chi connectivity index (χ1v) is 6.81. The summed E-state index contributed by atoms with van der Waals surface area (Å²) in [5, 5.41) is 0. The van der Waals surface area contributed by atoms with Gasteiger partial charge in [0.1, 0.15) is 12.4 Å². The number of rotatable bonds is 4. The topological polar surface area (TPSA) is 30.8 Å². The van der Waals surface area contributed by atoms with Gasteiger partial charge in [-0.1, -0.05) is 12.1 Å². The molecule has 0 atom stereocenters. The van der Waals surface area contributed by atoms with Crippen LogP contribution in [-0.4, -0.2) is 24.7 Å². The second-order valence-electron chi connectivity index (χ2n) is 6.10. The predicted octanol–water partition coefficient (Wildman–Crippen LogP) is 3.57. The minimum Gasteiger partial charge on any atom is -0.494 e. The Bertz CT molecular complexity index is 472. The van der Waals surface area contributed by atoms with Crippen LogP contribution in [0.2, 0.25) is 0 Å². The molecule has 1 aliphatic rings. The summed E-state index contributed by atoms with van der Waals surface area (Å²) in [6.45, 7) is 11.8. The SMILES string of the molecule is CCOc1ccc(C(C)(C)C2=NC(C)(C)CO2)cc1. The second-order valence-corrected chi connectivity index (χ2v) is 6.10. The molecule has 0 amide bonds. The van der Waals surface area contributed by atoms with Gasteiger partial charge in [0, 0.05) is 0 Å². The van der Waals surface area contributed by atoms with Crippen molar-refractivity contribution in [1.29, 1.82) is 0 Å². The van der Waals surface area contributed by atoms with Crippen molar-refractivity contribution in [3.8, 4) is 5.75 Å². The molecule has 1 aromatic rings. The summed E-state index contributed by atoms with van der Waals surface area (Å²) in [6.07, 6.45) is 0. The van der Waals surface area contributed by atoms with E-state index in [4.69, 9.17) is 14.5 Å². The summed E-state index contributed by atoms with van der Waals surface area (Å²) >= 11 is 0. The Balaban J connectivity index is 2.24. The van der Waals surface area contributed by atoms with Crippen molar-refractivity contribution in [1.82, 2.24) is 0 Å². The van der Waals surface area contributed by atoms with E-state index in [0.717, 1.165) is 11.6 Å². The van der Waals surface area contributed by atoms with Gasteiger partial charge in [-0.25, -0.2) is 4.99 Å². The van der Waals surface area contributed by atoms with Crippen LogP contribution in [0.25, 0.3) is 0 Å². The predicted molar refractivity (Wildman–Crippen MR) is 78.1 cm³/mol. The first kappa shape index (κ1) is 13.9. The standard InChI is InChI=1S/C16H23NO2/c1-6-18-13-9-7-12(8-10-13)16(4,5)14-17-15(2,3)11-19-14/h7-10H,6,11H2,1-5H3. The first-order valence-electron chi connectivity index (χ1n) is 6.81. The number of aliphatic imine (C=N–C) groups is 1. The maximum Gasteiger partial charge on any atom is 0.194 e. The van der Waals surface area contributed by atoms with Gasteiger partial charge in [0.15, 0.2) is 5.90 Å². The van der Waals surface area contributed by atoms with E-state index >= 15 is 0 Å². The van der Waals surface area contributed by atoms with Crippen molar-refractivity contribution in [3.05, 3.63) is 29.8 Å². The molecule has 0 spiro atoms. The molecule has 0 fully saturated rings. The van der Waals surface area contributed by atoms with Crippen LogP contribution >= 0.6 is 0 Å². The minimum absolute atomic E-state index is 0.113. The van der Waals surface area contributed by atoms with Crippen LogP contribution in [0.1, 0.15) is 40.2 Å². The number of hydrogen-bond donors (Lipinski definition) is 0. The van der Waals surface area contributed by atoms with Gasteiger partial charge < -0.3 is 9.47 Å². The van der Waals surface area contributed by atoms with Crippen molar-refractivity contribution >= 4 is 5.90 Å². The molecule has 0 unspecified atom stereocenters. The third-order valence-corrected chi connectivity index (χ3v) is 3.39. The van der Waals surface area contributed by atoms with Gasteiger partial charge in [-0.05, 0) is 52.3 Å². The highest BCUT2D eigenvalue weighted by molar-refractivity contribution is 5.89. The summed E-state index contributed by atoms with van der Waals surface area (Å²) < 4.78 is 11.3. The molecular weight excluding hydrogens is 238 g/mol. The molecule has 2 rings (SSSR count). The van der Waals surface area contributed by atoms with Crippen molar-refractivity contribution in [3.63, 3.8) is 0 Å². The third-order valence-electron chi connectivity index (χ3n) is 3.39. The lowest BCUT2D eigenvalue weighted by Crippen LogP contribution is -2.29. The van der Waals surface area contributed by atoms with E-state index in [9.17, 15) is 0 Å². The highest BCUT2D eigenvalue weighted by Gasteiger charge is 2.36. The van der Waals surface area contributed by atoms with Crippen molar-refractivity contribution in [2.45, 2.75) is 45.6 Å². The second kappa shape index (κ2) is 4.87. The number of nitrogens with zero attached hydrogens (tertiary/aromatic N) is 1. The number of ether oxygens (including phenoxy) is 2. The molecule has 0 aromatic heterocycles. The average Bonchev–Trinajstić information content (AvgIpc) is 2.71. The van der Waals surface area contributed by atoms with Gasteiger partial charge in [0.2, 0.25) is 0 Å². The molecule has 1 aliphatic heterocycles. The average molecular weight is 261 g/mol. The quantitative estimate of drug-likeness (QED) is 0.829. The van der Waals surface area contributed by atoms with Crippen LogP contribution in [0.4, 0.5) is 0 Å². The first-order chi connectivity index (χ1) is 8.85. The van der Waals surface area contributed by atoms with Gasteiger partial charge in [0.25, 0.3) is 0 Å². The Kier molecular flexibility index (Phi) is 3.57. The Hall–Kier alpha value is -1.51. The molecule has 0 saturated carbocycles. The third kappa shape index (κ3) is 2.91. The van der Waals surface area contributed by atoms with Gasteiger partial charge in [-0.3, -0.25) is 0 Å². The summed E-state index contributed by atoms with van der Waals surface area (Å²) in [4.78, 5) is 4.69. The van der Waals surface area contributed by atoms with Crippen molar-refractivity contribution < 1.29 is 9.47 Å². The molecule has 3 heteroatoms.